The summed E-state index contributed by atoms with van der Waals surface area (Å²) >= 11 is 0. The third-order valence-corrected chi connectivity index (χ3v) is 5.68. The summed E-state index contributed by atoms with van der Waals surface area (Å²) in [5, 5.41) is 6.59. The molecule has 2 N–H and O–H groups in total. The molecule has 2 aromatic heterocycles. The molecule has 0 aliphatic carbocycles. The van der Waals surface area contributed by atoms with Crippen molar-refractivity contribution in [3.63, 3.8) is 0 Å². The number of pyridine rings is 1. The third kappa shape index (κ3) is 5.26. The van der Waals surface area contributed by atoms with E-state index in [0.717, 1.165) is 6.07 Å². The van der Waals surface area contributed by atoms with Crippen LogP contribution in [0.15, 0.2) is 46.3 Å². The van der Waals surface area contributed by atoms with Gasteiger partial charge in [-0.3, -0.25) is 4.79 Å². The monoisotopic (exact) mass is 487 g/mol. The number of ether oxygens (including phenoxy) is 2. The van der Waals surface area contributed by atoms with Crippen LogP contribution in [0.5, 0.6) is 11.5 Å². The first-order valence-corrected chi connectivity index (χ1v) is 11.0. The standard InChI is InChI=1S/C25H27F2N3O5/c1-6-15(16(7-2)30-21(31)8-3)29-20-10-14-13(12-28-20)9-17(35-25(14)32)22-23(26)18(33-4)11-19(34-5)24(22)27/h8-12,15-16H,3,6-7H2,1-2,4-5H3,(H,28,29)(H,30,31)/t15-,16+/m1/s1. The van der Waals surface area contributed by atoms with Gasteiger partial charge < -0.3 is 24.5 Å². The quantitative estimate of drug-likeness (QED) is 0.408. The van der Waals surface area contributed by atoms with Gasteiger partial charge in [-0.05, 0) is 31.1 Å². The van der Waals surface area contributed by atoms with Gasteiger partial charge in [-0.1, -0.05) is 20.4 Å². The zero-order chi connectivity index (χ0) is 25.7. The van der Waals surface area contributed by atoms with Crippen LogP contribution in [0, 0.1) is 11.6 Å². The number of carbonyl (C=O) groups is 1. The number of halogens is 2. The lowest BCUT2D eigenvalue weighted by Gasteiger charge is -2.27. The summed E-state index contributed by atoms with van der Waals surface area (Å²) in [5.41, 5.74) is -1.39. The molecule has 0 fully saturated rings. The van der Waals surface area contributed by atoms with E-state index in [1.165, 1.54) is 38.6 Å². The van der Waals surface area contributed by atoms with E-state index in [4.69, 9.17) is 13.9 Å². The van der Waals surface area contributed by atoms with Crippen LogP contribution in [-0.2, 0) is 4.79 Å². The lowest BCUT2D eigenvalue weighted by atomic mass is 10.0. The molecule has 2 heterocycles. The van der Waals surface area contributed by atoms with Gasteiger partial charge in [-0.15, -0.1) is 0 Å². The first-order valence-electron chi connectivity index (χ1n) is 11.0. The number of rotatable bonds is 10. The predicted molar refractivity (Wildman–Crippen MR) is 129 cm³/mol. The molecule has 2 atom stereocenters. The fraction of sp³-hybridized carbons (Fsp3) is 0.320. The summed E-state index contributed by atoms with van der Waals surface area (Å²) in [6.07, 6.45) is 3.93. The molecule has 8 nitrogen and oxygen atoms in total. The van der Waals surface area contributed by atoms with Crippen molar-refractivity contribution in [3.8, 4) is 22.8 Å². The third-order valence-electron chi connectivity index (χ3n) is 5.68. The van der Waals surface area contributed by atoms with Gasteiger partial charge in [0.15, 0.2) is 23.1 Å². The Labute approximate surface area is 201 Å². The molecule has 0 saturated heterocycles. The number of benzene rings is 1. The molecular weight excluding hydrogens is 460 g/mol. The smallest absolute Gasteiger partial charge is 0.344 e. The average molecular weight is 488 g/mol. The van der Waals surface area contributed by atoms with Crippen molar-refractivity contribution in [2.45, 2.75) is 38.8 Å². The summed E-state index contributed by atoms with van der Waals surface area (Å²) < 4.78 is 45.0. The van der Waals surface area contributed by atoms with E-state index in [0.29, 0.717) is 24.0 Å². The van der Waals surface area contributed by atoms with Gasteiger partial charge in [0, 0.05) is 29.7 Å². The fourth-order valence-corrected chi connectivity index (χ4v) is 3.79. The van der Waals surface area contributed by atoms with Crippen LogP contribution in [0.1, 0.15) is 26.7 Å². The Morgan fingerprint density at radius 2 is 1.74 bits per heavy atom. The highest BCUT2D eigenvalue weighted by Crippen LogP contribution is 2.38. The van der Waals surface area contributed by atoms with Crippen molar-refractivity contribution in [2.24, 2.45) is 0 Å². The molecule has 10 heteroatoms. The molecule has 186 valence electrons. The number of nitrogens with one attached hydrogen (secondary N) is 2. The summed E-state index contributed by atoms with van der Waals surface area (Å²) in [7, 11) is 2.45. The molecule has 3 aromatic rings. The van der Waals surface area contributed by atoms with Crippen LogP contribution >= 0.6 is 0 Å². The van der Waals surface area contributed by atoms with Crippen LogP contribution in [0.25, 0.3) is 22.1 Å². The Hall–Kier alpha value is -3.95. The predicted octanol–water partition coefficient (Wildman–Crippen LogP) is 4.42. The van der Waals surface area contributed by atoms with Gasteiger partial charge in [0.05, 0.1) is 25.2 Å². The second kappa shape index (κ2) is 11.0. The van der Waals surface area contributed by atoms with Crippen molar-refractivity contribution >= 4 is 22.5 Å². The Balaban J connectivity index is 2.02. The number of methoxy groups -OCH3 is 2. The fourth-order valence-electron chi connectivity index (χ4n) is 3.79. The molecule has 0 unspecified atom stereocenters. The SMILES string of the molecule is C=CC(=O)N[C@@H](CC)[C@@H](CC)Nc1cc2c(=O)oc(-c3c(F)c(OC)cc(OC)c3F)cc2cn1. The Bertz CT molecular complexity index is 1280. The summed E-state index contributed by atoms with van der Waals surface area (Å²) in [6.45, 7) is 7.36. The first-order chi connectivity index (χ1) is 16.8. The minimum atomic E-state index is -1.03. The number of nitrogens with zero attached hydrogens (tertiary/aromatic N) is 1. The maximum Gasteiger partial charge on any atom is 0.344 e. The number of amides is 1. The van der Waals surface area contributed by atoms with E-state index in [9.17, 15) is 18.4 Å². The van der Waals surface area contributed by atoms with E-state index < -0.39 is 22.8 Å². The molecule has 3 rings (SSSR count). The number of hydrogen-bond donors (Lipinski definition) is 2. The van der Waals surface area contributed by atoms with Gasteiger partial charge in [0.25, 0.3) is 0 Å². The number of hydrogen-bond acceptors (Lipinski definition) is 7. The van der Waals surface area contributed by atoms with E-state index in [2.05, 4.69) is 22.2 Å². The molecule has 1 aromatic carbocycles. The van der Waals surface area contributed by atoms with E-state index in [1.807, 2.05) is 13.8 Å². The normalized spacial score (nSPS) is 12.6. The second-order valence-electron chi connectivity index (χ2n) is 7.73. The number of anilines is 1. The summed E-state index contributed by atoms with van der Waals surface area (Å²) in [5.74, 6) is -2.82. The number of fused-ring (bicyclic) bond motifs is 1. The molecule has 0 aliphatic heterocycles. The zero-order valence-corrected chi connectivity index (χ0v) is 19.9. The number of carbonyl (C=O) groups excluding carboxylic acids is 1. The minimum Gasteiger partial charge on any atom is -0.494 e. The average Bonchev–Trinajstić information content (AvgIpc) is 2.86. The van der Waals surface area contributed by atoms with Crippen LogP contribution < -0.4 is 25.7 Å². The number of aromatic nitrogens is 1. The second-order valence-corrected chi connectivity index (χ2v) is 7.73. The van der Waals surface area contributed by atoms with Crippen molar-refractivity contribution in [1.82, 2.24) is 10.3 Å². The summed E-state index contributed by atoms with van der Waals surface area (Å²) in [6, 6.07) is 3.51. The van der Waals surface area contributed by atoms with Gasteiger partial charge in [-0.25, -0.2) is 18.6 Å². The molecule has 35 heavy (non-hydrogen) atoms. The Morgan fingerprint density at radius 3 is 2.29 bits per heavy atom. The lowest BCUT2D eigenvalue weighted by Crippen LogP contribution is -2.45. The van der Waals surface area contributed by atoms with Crippen LogP contribution in [0.2, 0.25) is 0 Å². The highest BCUT2D eigenvalue weighted by molar-refractivity contribution is 5.87. The van der Waals surface area contributed by atoms with Gasteiger partial charge in [0.2, 0.25) is 5.91 Å². The molecule has 0 aliphatic rings. The maximum atomic E-state index is 14.9. The summed E-state index contributed by atoms with van der Waals surface area (Å²) in [4.78, 5) is 28.9. The first kappa shape index (κ1) is 25.7. The van der Waals surface area contributed by atoms with Gasteiger partial charge >= 0.3 is 5.63 Å². The van der Waals surface area contributed by atoms with Crippen molar-refractivity contribution in [1.29, 1.82) is 0 Å². The highest BCUT2D eigenvalue weighted by atomic mass is 19.1. The van der Waals surface area contributed by atoms with E-state index in [-0.39, 0.29) is 40.6 Å². The highest BCUT2D eigenvalue weighted by Gasteiger charge is 2.25. The topological polar surface area (TPSA) is 103 Å². The van der Waals surface area contributed by atoms with E-state index >= 15 is 0 Å². The molecule has 0 spiro atoms. The van der Waals surface area contributed by atoms with Crippen molar-refractivity contribution < 1.29 is 27.5 Å². The van der Waals surface area contributed by atoms with Gasteiger partial charge in [0.1, 0.15) is 11.6 Å². The zero-order valence-electron chi connectivity index (χ0n) is 19.9. The van der Waals surface area contributed by atoms with Crippen molar-refractivity contribution in [3.05, 3.63) is 59.1 Å². The molecule has 0 bridgehead atoms. The van der Waals surface area contributed by atoms with Crippen LogP contribution in [-0.4, -0.2) is 37.2 Å². The molecule has 0 saturated carbocycles. The maximum absolute atomic E-state index is 14.9. The molecule has 0 radical (unpaired) electrons. The van der Waals surface area contributed by atoms with Crippen LogP contribution in [0.3, 0.4) is 0 Å². The van der Waals surface area contributed by atoms with Crippen molar-refractivity contribution in [2.75, 3.05) is 19.5 Å². The molecular formula is C25H27F2N3O5. The largest absolute Gasteiger partial charge is 0.494 e. The van der Waals surface area contributed by atoms with Gasteiger partial charge in [-0.2, -0.15) is 0 Å². The Kier molecular flexibility index (Phi) is 8.06. The van der Waals surface area contributed by atoms with Crippen LogP contribution in [0.4, 0.5) is 14.6 Å². The van der Waals surface area contributed by atoms with E-state index in [1.54, 1.807) is 0 Å². The Morgan fingerprint density at radius 1 is 1.11 bits per heavy atom. The lowest BCUT2D eigenvalue weighted by molar-refractivity contribution is -0.117. The minimum absolute atomic E-state index is 0.167. The molecule has 1 amide bonds.